The third-order valence-corrected chi connectivity index (χ3v) is 2.63. The summed E-state index contributed by atoms with van der Waals surface area (Å²) in [6.45, 7) is 0. The van der Waals surface area contributed by atoms with Crippen LogP contribution in [0.1, 0.15) is 22.5 Å². The number of fused-ring (bicyclic) bond motifs is 2. The van der Waals surface area contributed by atoms with Gasteiger partial charge in [-0.1, -0.05) is 24.3 Å². The van der Waals surface area contributed by atoms with E-state index in [0.29, 0.717) is 6.42 Å². The first-order chi connectivity index (χ1) is 8.76. The summed E-state index contributed by atoms with van der Waals surface area (Å²) >= 11 is 0. The van der Waals surface area contributed by atoms with E-state index >= 15 is 0 Å². The molecule has 1 aliphatic rings. The van der Waals surface area contributed by atoms with E-state index in [9.17, 15) is 4.79 Å². The maximum atomic E-state index is 11.6. The highest BCUT2D eigenvalue weighted by Gasteiger charge is 2.14. The lowest BCUT2D eigenvalue weighted by atomic mass is 9.99. The molecule has 0 saturated carbocycles. The second-order valence-electron chi connectivity index (χ2n) is 3.74. The predicted octanol–water partition coefficient (Wildman–Crippen LogP) is 3.71. The number of para-hydroxylation sites is 1. The largest absolute Gasteiger partial charge is 0.294 e. The number of Topliss-reactive ketones (excluding diaryl/α,β-unsaturated/α-hetero) is 1. The molecule has 0 unspecified atom stereocenters. The maximum absolute atomic E-state index is 11.6. The lowest BCUT2D eigenvalue weighted by Crippen LogP contribution is -2.06. The van der Waals surface area contributed by atoms with Gasteiger partial charge in [-0.05, 0) is 28.7 Å². The summed E-state index contributed by atoms with van der Waals surface area (Å²) in [5.74, 6) is 0.158. The molecule has 3 rings (SSSR count). The molecule has 0 bridgehead atoms. The Morgan fingerprint density at radius 2 is 2.06 bits per heavy atom. The van der Waals surface area contributed by atoms with Gasteiger partial charge in [-0.15, -0.1) is 5.53 Å². The number of hydrogen-bond acceptors (Lipinski definition) is 3. The zero-order chi connectivity index (χ0) is 13.0. The summed E-state index contributed by atoms with van der Waals surface area (Å²) < 4.78 is 0. The highest BCUT2D eigenvalue weighted by Crippen LogP contribution is 2.22. The normalized spacial score (nSPS) is 12.3. The van der Waals surface area contributed by atoms with Gasteiger partial charge in [-0.25, -0.2) is 4.98 Å². The van der Waals surface area contributed by atoms with Crippen LogP contribution in [-0.2, 0) is 0 Å². The number of ketones is 1. The van der Waals surface area contributed by atoms with Crippen molar-refractivity contribution < 1.29 is 4.79 Å². The average molecular weight is 238 g/mol. The minimum atomic E-state index is 0.158. The van der Waals surface area contributed by atoms with Crippen molar-refractivity contribution >= 4 is 22.8 Å². The number of pyridine rings is 1. The Hall–Kier alpha value is -2.65. The van der Waals surface area contributed by atoms with E-state index < -0.39 is 0 Å². The zero-order valence-electron chi connectivity index (χ0n) is 9.50. The van der Waals surface area contributed by atoms with Crippen LogP contribution >= 0.6 is 0 Å². The molecule has 0 spiro atoms. The number of carbonyl (C=O) groups excluding carboxylic acids is 1. The Bertz CT molecular complexity index is 670. The van der Waals surface area contributed by atoms with Gasteiger partial charge in [-0.3, -0.25) is 4.79 Å². The van der Waals surface area contributed by atoms with Crippen molar-refractivity contribution in [1.29, 1.82) is 5.53 Å². The Morgan fingerprint density at radius 3 is 2.83 bits per heavy atom. The number of benzene rings is 1. The maximum Gasteiger partial charge on any atom is 0.168 e. The van der Waals surface area contributed by atoms with Gasteiger partial charge < -0.3 is 0 Å². The van der Waals surface area contributed by atoms with Crippen molar-refractivity contribution in [3.63, 3.8) is 0 Å². The molecule has 5 nitrogen and oxygen atoms in total. The Morgan fingerprint density at radius 1 is 1.33 bits per heavy atom. The minimum absolute atomic E-state index is 0.158. The molecule has 2 aromatic rings. The molecular weight excluding hydrogens is 228 g/mol. The first kappa shape index (κ1) is 11.8. The summed E-state index contributed by atoms with van der Waals surface area (Å²) in [5.41, 5.74) is 14.7. The number of allylic oxidation sites excluding steroid dienone is 1. The summed E-state index contributed by atoms with van der Waals surface area (Å²) in [6.07, 6.45) is 4.28. The number of hydrogen-bond donors (Lipinski definition) is 1. The molecule has 0 radical (unpaired) electrons. The van der Waals surface area contributed by atoms with E-state index in [1.54, 1.807) is 4.91 Å². The molecule has 0 aliphatic heterocycles. The van der Waals surface area contributed by atoms with E-state index in [1.807, 2.05) is 42.5 Å². The molecular formula is C13H10N4O. The van der Waals surface area contributed by atoms with Crippen molar-refractivity contribution in [2.24, 2.45) is 0 Å². The van der Waals surface area contributed by atoms with Crippen molar-refractivity contribution in [3.8, 4) is 0 Å². The molecule has 0 amide bonds. The van der Waals surface area contributed by atoms with Crippen LogP contribution in [0.2, 0.25) is 0 Å². The summed E-state index contributed by atoms with van der Waals surface area (Å²) in [6, 6.07) is 9.79. The van der Waals surface area contributed by atoms with Crippen LogP contribution < -0.4 is 0 Å². The fourth-order valence-electron chi connectivity index (χ4n) is 1.87. The number of nitrogens with one attached hydrogen (secondary N) is 1. The molecule has 18 heavy (non-hydrogen) atoms. The van der Waals surface area contributed by atoms with Gasteiger partial charge in [0, 0.05) is 17.4 Å². The van der Waals surface area contributed by atoms with E-state index in [0.717, 1.165) is 22.2 Å². The Balaban J connectivity index is 0.000000367. The molecule has 88 valence electrons. The predicted molar refractivity (Wildman–Crippen MR) is 69.2 cm³/mol. The summed E-state index contributed by atoms with van der Waals surface area (Å²) in [4.78, 5) is 17.8. The topological polar surface area (TPSA) is 90.2 Å². The van der Waals surface area contributed by atoms with Crippen molar-refractivity contribution in [3.05, 3.63) is 58.1 Å². The average Bonchev–Trinajstić information content (AvgIpc) is 2.38. The monoisotopic (exact) mass is 238 g/mol. The summed E-state index contributed by atoms with van der Waals surface area (Å²) in [5, 5.41) is 1.03. The molecule has 0 fully saturated rings. The van der Waals surface area contributed by atoms with Crippen LogP contribution in [0, 0.1) is 5.53 Å². The molecule has 1 heterocycles. The fourth-order valence-corrected chi connectivity index (χ4v) is 1.87. The molecule has 5 heteroatoms. The molecule has 1 aliphatic carbocycles. The number of carbonyl (C=O) groups is 1. The lowest BCUT2D eigenvalue weighted by molar-refractivity contribution is 0.0994. The summed E-state index contributed by atoms with van der Waals surface area (Å²) in [7, 11) is 0. The lowest BCUT2D eigenvalue weighted by Gasteiger charge is -2.09. The van der Waals surface area contributed by atoms with E-state index in [-0.39, 0.29) is 5.78 Å². The van der Waals surface area contributed by atoms with Gasteiger partial charge in [0.05, 0.1) is 11.2 Å². The fraction of sp³-hybridized carbons (Fsp3) is 0.0769. The molecule has 0 saturated heterocycles. The number of nitrogens with zero attached hydrogens (tertiary/aromatic N) is 3. The van der Waals surface area contributed by atoms with Crippen LogP contribution in [0.3, 0.4) is 0 Å². The van der Waals surface area contributed by atoms with Gasteiger partial charge in [0.1, 0.15) is 0 Å². The Kier molecular flexibility index (Phi) is 3.36. The van der Waals surface area contributed by atoms with Crippen molar-refractivity contribution in [2.45, 2.75) is 6.42 Å². The third kappa shape index (κ3) is 2.21. The first-order valence-electron chi connectivity index (χ1n) is 5.36. The quantitative estimate of drug-likeness (QED) is 0.430. The molecule has 0 atom stereocenters. The zero-order valence-corrected chi connectivity index (χ0v) is 9.50. The second-order valence-corrected chi connectivity index (χ2v) is 3.74. The number of aromatic nitrogens is 1. The van der Waals surface area contributed by atoms with Crippen LogP contribution in [0.15, 0.2) is 36.4 Å². The van der Waals surface area contributed by atoms with E-state index in [1.165, 1.54) is 0 Å². The van der Waals surface area contributed by atoms with Gasteiger partial charge in [0.25, 0.3) is 0 Å². The first-order valence-corrected chi connectivity index (χ1v) is 5.36. The van der Waals surface area contributed by atoms with Gasteiger partial charge >= 0.3 is 0 Å². The van der Waals surface area contributed by atoms with E-state index in [4.69, 9.17) is 11.1 Å². The molecule has 1 aromatic heterocycles. The number of rotatable bonds is 0. The van der Waals surface area contributed by atoms with Crippen LogP contribution in [0.5, 0.6) is 0 Å². The van der Waals surface area contributed by atoms with Gasteiger partial charge in [0.15, 0.2) is 5.78 Å². The molecule has 1 N–H and O–H groups in total. The third-order valence-electron chi connectivity index (χ3n) is 2.63. The molecule has 1 aromatic carbocycles. The second kappa shape index (κ2) is 5.12. The van der Waals surface area contributed by atoms with Gasteiger partial charge in [0.2, 0.25) is 0 Å². The highest BCUT2D eigenvalue weighted by atomic mass is 16.1. The van der Waals surface area contributed by atoms with Crippen LogP contribution in [0.25, 0.3) is 27.4 Å². The van der Waals surface area contributed by atoms with Crippen molar-refractivity contribution in [2.75, 3.05) is 0 Å². The standard InChI is InChI=1S/C13H9NO.HN3/c15-13-7-3-6-12-10(13)8-9-4-1-2-5-11(9)14-12;1-3-2/h1-6,8H,7H2;1H. The highest BCUT2D eigenvalue weighted by molar-refractivity contribution is 6.04. The Labute approximate surface area is 103 Å². The van der Waals surface area contributed by atoms with Crippen LogP contribution in [0.4, 0.5) is 0 Å². The van der Waals surface area contributed by atoms with Crippen LogP contribution in [-0.4, -0.2) is 10.8 Å². The van der Waals surface area contributed by atoms with Crippen molar-refractivity contribution in [1.82, 2.24) is 4.98 Å². The van der Waals surface area contributed by atoms with E-state index in [2.05, 4.69) is 4.98 Å². The SMILES string of the molecule is O=C1CC=Cc2nc3ccccc3cc21.[N-]=[N+]=N. The minimum Gasteiger partial charge on any atom is -0.294 e. The van der Waals surface area contributed by atoms with Gasteiger partial charge in [-0.2, -0.15) is 0 Å². The smallest absolute Gasteiger partial charge is 0.168 e.